The molecule has 1 aromatic heterocycles. The predicted octanol–water partition coefficient (Wildman–Crippen LogP) is 4.80. The smallest absolute Gasteiger partial charge is 0.125 e. The van der Waals surface area contributed by atoms with Crippen molar-refractivity contribution >= 4 is 5.82 Å². The molecule has 0 radical (unpaired) electrons. The van der Waals surface area contributed by atoms with Crippen molar-refractivity contribution in [3.8, 4) is 0 Å². The third-order valence-corrected chi connectivity index (χ3v) is 2.42. The average Bonchev–Trinajstić information content (AvgIpc) is 2.36. The van der Waals surface area contributed by atoms with Gasteiger partial charge in [-0.2, -0.15) is 0 Å². The molecule has 1 N–H and O–H groups in total. The maximum absolute atomic E-state index is 4.20. The molecule has 0 atom stereocenters. The molecule has 0 bridgehead atoms. The summed E-state index contributed by atoms with van der Waals surface area (Å²) in [7, 11) is 0. The first kappa shape index (κ1) is 16.0. The molecule has 0 aromatic carbocycles. The molecule has 0 aliphatic rings. The number of aryl methyl sites for hydroxylation is 1. The molecule has 0 saturated carbocycles. The van der Waals surface area contributed by atoms with E-state index in [0.29, 0.717) is 0 Å². The number of unbranched alkanes of at least 4 members (excludes halogenated alkanes) is 3. The van der Waals surface area contributed by atoms with E-state index in [0.717, 1.165) is 18.8 Å². The minimum atomic E-state index is 0.970. The molecule has 2 heteroatoms. The van der Waals surface area contributed by atoms with Crippen molar-refractivity contribution in [1.29, 1.82) is 0 Å². The van der Waals surface area contributed by atoms with Crippen LogP contribution in [0.3, 0.4) is 0 Å². The maximum Gasteiger partial charge on any atom is 0.125 e. The monoisotopic (exact) mass is 236 g/mol. The number of pyridine rings is 1. The first-order valence-electron chi connectivity index (χ1n) is 6.91. The van der Waals surface area contributed by atoms with Crippen molar-refractivity contribution in [1.82, 2.24) is 4.98 Å². The molecule has 0 amide bonds. The first-order chi connectivity index (χ1) is 8.24. The highest BCUT2D eigenvalue weighted by Crippen LogP contribution is 2.02. The Kier molecular flexibility index (Phi) is 10.7. The highest BCUT2D eigenvalue weighted by Gasteiger charge is 1.89. The summed E-state index contributed by atoms with van der Waals surface area (Å²) in [5.41, 5.74) is 1.20. The largest absolute Gasteiger partial charge is 0.370 e. The quantitative estimate of drug-likeness (QED) is 0.718. The van der Waals surface area contributed by atoms with Gasteiger partial charge in [0, 0.05) is 12.7 Å². The van der Waals surface area contributed by atoms with Gasteiger partial charge < -0.3 is 5.32 Å². The number of nitrogens with zero attached hydrogens (tertiary/aromatic N) is 1. The zero-order valence-corrected chi connectivity index (χ0v) is 11.9. The van der Waals surface area contributed by atoms with Gasteiger partial charge in [0.2, 0.25) is 0 Å². The van der Waals surface area contributed by atoms with Gasteiger partial charge in [-0.25, -0.2) is 4.98 Å². The lowest BCUT2D eigenvalue weighted by Crippen LogP contribution is -2.01. The number of aromatic nitrogens is 1. The third-order valence-electron chi connectivity index (χ3n) is 2.42. The lowest BCUT2D eigenvalue weighted by atomic mass is 10.2. The van der Waals surface area contributed by atoms with Gasteiger partial charge in [0.25, 0.3) is 0 Å². The fourth-order valence-electron chi connectivity index (χ4n) is 1.33. The summed E-state index contributed by atoms with van der Waals surface area (Å²) in [5.74, 6) is 0.970. The zero-order valence-electron chi connectivity index (χ0n) is 11.9. The molecule has 0 saturated heterocycles. The van der Waals surface area contributed by atoms with Crippen LogP contribution in [-0.4, -0.2) is 11.5 Å². The molecule has 98 valence electrons. The summed E-state index contributed by atoms with van der Waals surface area (Å²) in [6.45, 7) is 9.64. The summed E-state index contributed by atoms with van der Waals surface area (Å²) < 4.78 is 0. The van der Waals surface area contributed by atoms with Gasteiger partial charge >= 0.3 is 0 Å². The van der Waals surface area contributed by atoms with Crippen LogP contribution in [0, 0.1) is 6.92 Å². The van der Waals surface area contributed by atoms with Crippen LogP contribution in [0.5, 0.6) is 0 Å². The topological polar surface area (TPSA) is 24.9 Å². The van der Waals surface area contributed by atoms with Crippen LogP contribution in [-0.2, 0) is 0 Å². The van der Waals surface area contributed by atoms with Gasteiger partial charge in [0.1, 0.15) is 5.82 Å². The molecule has 0 unspecified atom stereocenters. The van der Waals surface area contributed by atoms with E-state index in [2.05, 4.69) is 37.1 Å². The third kappa shape index (κ3) is 9.86. The Balaban J connectivity index is 0.000000366. The number of nitrogens with one attached hydrogen (secondary N) is 1. The Hall–Kier alpha value is -1.05. The predicted molar refractivity (Wildman–Crippen MR) is 77.6 cm³/mol. The van der Waals surface area contributed by atoms with E-state index < -0.39 is 0 Å². The Labute approximate surface area is 107 Å². The minimum Gasteiger partial charge on any atom is -0.370 e. The summed E-state index contributed by atoms with van der Waals surface area (Å²) in [6, 6.07) is 4.07. The fourth-order valence-corrected chi connectivity index (χ4v) is 1.33. The van der Waals surface area contributed by atoms with E-state index >= 15 is 0 Å². The molecule has 0 aliphatic heterocycles. The maximum atomic E-state index is 4.20. The summed E-state index contributed by atoms with van der Waals surface area (Å²) in [4.78, 5) is 4.20. The molecular weight excluding hydrogens is 208 g/mol. The van der Waals surface area contributed by atoms with E-state index in [1.54, 1.807) is 0 Å². The second-order valence-electron chi connectivity index (χ2n) is 4.35. The Morgan fingerprint density at radius 2 is 1.65 bits per heavy atom. The van der Waals surface area contributed by atoms with Crippen LogP contribution in [0.1, 0.15) is 58.4 Å². The Bertz CT molecular complexity index is 250. The first-order valence-corrected chi connectivity index (χ1v) is 6.91. The molecule has 1 heterocycles. The number of rotatable bonds is 6. The van der Waals surface area contributed by atoms with Crippen molar-refractivity contribution in [2.24, 2.45) is 0 Å². The lowest BCUT2D eigenvalue weighted by Gasteiger charge is -2.02. The summed E-state index contributed by atoms with van der Waals surface area (Å²) in [5, 5.41) is 3.21. The van der Waals surface area contributed by atoms with Gasteiger partial charge in [-0.05, 0) is 25.0 Å². The normalized spacial score (nSPS) is 9.41. The van der Waals surface area contributed by atoms with Crippen LogP contribution in [0.2, 0.25) is 0 Å². The molecular formula is C15H28N2. The van der Waals surface area contributed by atoms with Crippen LogP contribution < -0.4 is 5.32 Å². The molecule has 2 nitrogen and oxygen atoms in total. The second kappa shape index (κ2) is 11.4. The van der Waals surface area contributed by atoms with Gasteiger partial charge in [0.05, 0.1) is 0 Å². The van der Waals surface area contributed by atoms with E-state index in [4.69, 9.17) is 0 Å². The van der Waals surface area contributed by atoms with Crippen molar-refractivity contribution in [3.05, 3.63) is 23.9 Å². The van der Waals surface area contributed by atoms with Gasteiger partial charge in [-0.15, -0.1) is 0 Å². The summed E-state index contributed by atoms with van der Waals surface area (Å²) in [6.07, 6.45) is 8.54. The van der Waals surface area contributed by atoms with E-state index in [1.165, 1.54) is 31.2 Å². The van der Waals surface area contributed by atoms with Crippen LogP contribution in [0.4, 0.5) is 5.82 Å². The standard InChI is InChI=1S/C9H14N2.C6H14/c1-3-6-10-9-5-4-8(2)7-11-9;1-3-5-6-4-2/h4-5,7H,3,6H2,1-2H3,(H,10,11);3-6H2,1-2H3. The molecule has 1 aromatic rings. The zero-order chi connectivity index (χ0) is 12.9. The van der Waals surface area contributed by atoms with Crippen molar-refractivity contribution < 1.29 is 0 Å². The molecule has 0 aliphatic carbocycles. The van der Waals surface area contributed by atoms with Crippen molar-refractivity contribution in [2.45, 2.75) is 59.8 Å². The van der Waals surface area contributed by atoms with Gasteiger partial charge in [0.15, 0.2) is 0 Å². The average molecular weight is 236 g/mol. The van der Waals surface area contributed by atoms with Crippen LogP contribution >= 0.6 is 0 Å². The number of anilines is 1. The van der Waals surface area contributed by atoms with E-state index in [-0.39, 0.29) is 0 Å². The molecule has 0 fully saturated rings. The molecule has 0 spiro atoms. The lowest BCUT2D eigenvalue weighted by molar-refractivity contribution is 0.702. The highest BCUT2D eigenvalue weighted by molar-refractivity contribution is 5.34. The SMILES string of the molecule is CCCCCC.CCCNc1ccc(C)cn1. The molecule has 17 heavy (non-hydrogen) atoms. The Morgan fingerprint density at radius 3 is 2.06 bits per heavy atom. The van der Waals surface area contributed by atoms with E-state index in [9.17, 15) is 0 Å². The minimum absolute atomic E-state index is 0.970. The highest BCUT2D eigenvalue weighted by atomic mass is 15.0. The van der Waals surface area contributed by atoms with Crippen LogP contribution in [0.25, 0.3) is 0 Å². The number of hydrogen-bond acceptors (Lipinski definition) is 2. The van der Waals surface area contributed by atoms with E-state index in [1.807, 2.05) is 19.2 Å². The summed E-state index contributed by atoms with van der Waals surface area (Å²) >= 11 is 0. The molecule has 1 rings (SSSR count). The number of hydrogen-bond donors (Lipinski definition) is 1. The van der Waals surface area contributed by atoms with Crippen LogP contribution in [0.15, 0.2) is 18.3 Å². The van der Waals surface area contributed by atoms with Crippen molar-refractivity contribution in [3.63, 3.8) is 0 Å². The van der Waals surface area contributed by atoms with Gasteiger partial charge in [-0.1, -0.05) is 52.5 Å². The van der Waals surface area contributed by atoms with Crippen molar-refractivity contribution in [2.75, 3.05) is 11.9 Å². The fraction of sp³-hybridized carbons (Fsp3) is 0.667. The van der Waals surface area contributed by atoms with Gasteiger partial charge in [-0.3, -0.25) is 0 Å². The second-order valence-corrected chi connectivity index (χ2v) is 4.35. The Morgan fingerprint density at radius 1 is 1.00 bits per heavy atom.